The van der Waals surface area contributed by atoms with E-state index in [0.717, 1.165) is 28.9 Å². The Labute approximate surface area is 210 Å². The fourth-order valence-corrected chi connectivity index (χ4v) is 4.41. The number of likely N-dealkylation sites (N-methyl/N-ethyl adjacent to an activating group) is 1. The number of aliphatic hydroxyl groups excluding tert-OH is 1. The first-order valence-electron chi connectivity index (χ1n) is 11.7. The topological polar surface area (TPSA) is 115 Å². The number of aliphatic hydroxyl groups is 1. The first-order valence-corrected chi connectivity index (χ1v) is 12.1. The van der Waals surface area contributed by atoms with Crippen LogP contribution in [0.25, 0.3) is 22.6 Å². The number of hydrogen-bond acceptors (Lipinski definition) is 9. The molecular weight excluding hydrogens is 470 g/mol. The number of nitrogens with zero attached hydrogens (tertiary/aromatic N) is 3. The van der Waals surface area contributed by atoms with Gasteiger partial charge in [-0.15, -0.1) is 0 Å². The summed E-state index contributed by atoms with van der Waals surface area (Å²) in [6.07, 6.45) is 0.448. The Morgan fingerprint density at radius 2 is 2.06 bits per heavy atom. The largest absolute Gasteiger partial charge is 0.491 e. The SMILES string of the molecule is CNCC(O)COc1ccc(Cl)c(-c2nc(NC3COC(C)C3)c(C)c(-c3c(C)noc3C)n2)c1. The van der Waals surface area contributed by atoms with Gasteiger partial charge in [0.15, 0.2) is 5.82 Å². The molecule has 9 nitrogen and oxygen atoms in total. The molecule has 3 N–H and O–H groups in total. The van der Waals surface area contributed by atoms with Gasteiger partial charge in [0.1, 0.15) is 30.0 Å². The molecule has 3 unspecified atom stereocenters. The van der Waals surface area contributed by atoms with E-state index < -0.39 is 6.10 Å². The van der Waals surface area contributed by atoms with Crippen LogP contribution in [-0.2, 0) is 4.74 Å². The van der Waals surface area contributed by atoms with E-state index in [4.69, 9.17) is 35.6 Å². The maximum atomic E-state index is 10.00. The van der Waals surface area contributed by atoms with Gasteiger partial charge in [-0.2, -0.15) is 0 Å². The molecule has 4 rings (SSSR count). The van der Waals surface area contributed by atoms with E-state index >= 15 is 0 Å². The van der Waals surface area contributed by atoms with Gasteiger partial charge in [-0.1, -0.05) is 16.8 Å². The van der Waals surface area contributed by atoms with Crippen LogP contribution < -0.4 is 15.4 Å². The van der Waals surface area contributed by atoms with Crippen LogP contribution in [-0.4, -0.2) is 65.3 Å². The van der Waals surface area contributed by atoms with Crippen LogP contribution in [0.5, 0.6) is 5.75 Å². The van der Waals surface area contributed by atoms with Gasteiger partial charge in [0, 0.05) is 17.7 Å². The van der Waals surface area contributed by atoms with Gasteiger partial charge < -0.3 is 29.7 Å². The standard InChI is InChI=1S/C25H32ClN5O4/c1-13-8-17(11-33-13)28-24-14(2)23(22-15(3)31-35-16(22)4)29-25(30-24)20-9-19(6-7-21(20)26)34-12-18(32)10-27-5/h6-7,9,13,17-18,27,32H,8,10-12H2,1-5H3,(H,28,29,30). The van der Waals surface area contributed by atoms with Crippen molar-refractivity contribution >= 4 is 17.4 Å². The van der Waals surface area contributed by atoms with Gasteiger partial charge >= 0.3 is 0 Å². The number of rotatable bonds is 9. The average molecular weight is 502 g/mol. The summed E-state index contributed by atoms with van der Waals surface area (Å²) in [6, 6.07) is 5.44. The molecule has 0 radical (unpaired) electrons. The zero-order valence-corrected chi connectivity index (χ0v) is 21.4. The van der Waals surface area contributed by atoms with E-state index in [0.29, 0.717) is 46.9 Å². The number of benzene rings is 1. The number of nitrogens with one attached hydrogen (secondary N) is 2. The van der Waals surface area contributed by atoms with E-state index in [1.807, 2.05) is 20.8 Å². The van der Waals surface area contributed by atoms with Crippen molar-refractivity contribution in [3.05, 3.63) is 40.2 Å². The molecule has 0 amide bonds. The maximum Gasteiger partial charge on any atom is 0.163 e. The van der Waals surface area contributed by atoms with Crippen molar-refractivity contribution in [2.75, 3.05) is 32.1 Å². The molecule has 1 aliphatic rings. The minimum Gasteiger partial charge on any atom is -0.491 e. The third-order valence-corrected chi connectivity index (χ3v) is 6.35. The summed E-state index contributed by atoms with van der Waals surface area (Å²) in [6.45, 7) is 9.00. The number of anilines is 1. The number of ether oxygens (including phenoxy) is 2. The zero-order chi connectivity index (χ0) is 25.1. The van der Waals surface area contributed by atoms with E-state index in [9.17, 15) is 5.11 Å². The van der Waals surface area contributed by atoms with Crippen molar-refractivity contribution in [3.63, 3.8) is 0 Å². The van der Waals surface area contributed by atoms with Crippen molar-refractivity contribution in [2.45, 2.75) is 52.4 Å². The second-order valence-corrected chi connectivity index (χ2v) is 9.36. The molecule has 188 valence electrons. The summed E-state index contributed by atoms with van der Waals surface area (Å²) in [7, 11) is 1.78. The molecule has 0 aliphatic carbocycles. The fraction of sp³-hybridized carbons (Fsp3) is 0.480. The normalized spacial score (nSPS) is 18.6. The lowest BCUT2D eigenvalue weighted by molar-refractivity contribution is 0.108. The van der Waals surface area contributed by atoms with E-state index in [1.54, 1.807) is 25.2 Å². The predicted octanol–water partition coefficient (Wildman–Crippen LogP) is 3.93. The Hall–Kier alpha value is -2.72. The maximum absolute atomic E-state index is 10.00. The summed E-state index contributed by atoms with van der Waals surface area (Å²) < 4.78 is 17.0. The van der Waals surface area contributed by atoms with Crippen molar-refractivity contribution in [1.29, 1.82) is 0 Å². The highest BCUT2D eigenvalue weighted by Gasteiger charge is 2.26. The van der Waals surface area contributed by atoms with Gasteiger partial charge in [0.05, 0.1) is 40.7 Å². The van der Waals surface area contributed by atoms with E-state index in [-0.39, 0.29) is 18.8 Å². The lowest BCUT2D eigenvalue weighted by atomic mass is 10.0. The predicted molar refractivity (Wildman–Crippen MR) is 135 cm³/mol. The lowest BCUT2D eigenvalue weighted by Crippen LogP contribution is -2.29. The third kappa shape index (κ3) is 5.75. The van der Waals surface area contributed by atoms with Gasteiger partial charge in [-0.05, 0) is 59.4 Å². The van der Waals surface area contributed by atoms with E-state index in [1.165, 1.54) is 0 Å². The van der Waals surface area contributed by atoms with Crippen molar-refractivity contribution in [1.82, 2.24) is 20.4 Å². The quantitative estimate of drug-likeness (QED) is 0.401. The van der Waals surface area contributed by atoms with E-state index in [2.05, 4.69) is 22.7 Å². The highest BCUT2D eigenvalue weighted by Crippen LogP contribution is 2.36. The molecule has 3 heterocycles. The summed E-state index contributed by atoms with van der Waals surface area (Å²) in [5.74, 6) is 2.40. The molecule has 0 spiro atoms. The Kier molecular flexibility index (Phi) is 7.91. The summed E-state index contributed by atoms with van der Waals surface area (Å²) in [5.41, 5.74) is 3.83. The summed E-state index contributed by atoms with van der Waals surface area (Å²) >= 11 is 6.60. The molecule has 1 fully saturated rings. The van der Waals surface area contributed by atoms with Crippen LogP contribution in [0.3, 0.4) is 0 Å². The Morgan fingerprint density at radius 3 is 2.71 bits per heavy atom. The van der Waals surface area contributed by atoms with Crippen LogP contribution >= 0.6 is 11.6 Å². The van der Waals surface area contributed by atoms with Gasteiger partial charge in [0.25, 0.3) is 0 Å². The first-order chi connectivity index (χ1) is 16.8. The highest BCUT2D eigenvalue weighted by atomic mass is 35.5. The van der Waals surface area contributed by atoms with Crippen molar-refractivity contribution in [3.8, 4) is 28.4 Å². The molecule has 0 saturated carbocycles. The second kappa shape index (κ2) is 10.9. The summed E-state index contributed by atoms with van der Waals surface area (Å²) in [4.78, 5) is 9.76. The highest BCUT2D eigenvalue weighted by molar-refractivity contribution is 6.33. The minimum atomic E-state index is -0.632. The molecule has 1 aromatic carbocycles. The van der Waals surface area contributed by atoms with Crippen LogP contribution in [0.2, 0.25) is 5.02 Å². The smallest absolute Gasteiger partial charge is 0.163 e. The molecule has 3 atom stereocenters. The Bertz CT molecular complexity index is 1170. The Balaban J connectivity index is 1.76. The molecule has 1 aliphatic heterocycles. The van der Waals surface area contributed by atoms with Gasteiger partial charge in [-0.25, -0.2) is 9.97 Å². The van der Waals surface area contributed by atoms with Crippen LogP contribution in [0, 0.1) is 20.8 Å². The van der Waals surface area contributed by atoms with Gasteiger partial charge in [-0.3, -0.25) is 0 Å². The minimum absolute atomic E-state index is 0.141. The number of aromatic nitrogens is 3. The second-order valence-electron chi connectivity index (χ2n) is 8.95. The number of hydrogen-bond donors (Lipinski definition) is 3. The summed E-state index contributed by atoms with van der Waals surface area (Å²) in [5, 5.41) is 21.1. The molecule has 1 saturated heterocycles. The van der Waals surface area contributed by atoms with Crippen molar-refractivity contribution in [2.24, 2.45) is 0 Å². The fourth-order valence-electron chi connectivity index (χ4n) is 4.21. The molecule has 3 aromatic rings. The van der Waals surface area contributed by atoms with Crippen LogP contribution in [0.15, 0.2) is 22.7 Å². The van der Waals surface area contributed by atoms with Crippen molar-refractivity contribution < 1.29 is 19.1 Å². The Morgan fingerprint density at radius 1 is 1.26 bits per heavy atom. The molecule has 2 aromatic heterocycles. The zero-order valence-electron chi connectivity index (χ0n) is 20.7. The molecular formula is C25H32ClN5O4. The first kappa shape index (κ1) is 25.4. The molecule has 35 heavy (non-hydrogen) atoms. The monoisotopic (exact) mass is 501 g/mol. The molecule has 10 heteroatoms. The third-order valence-electron chi connectivity index (χ3n) is 6.02. The van der Waals surface area contributed by atoms with Crippen LogP contribution in [0.4, 0.5) is 5.82 Å². The average Bonchev–Trinajstić information content (AvgIpc) is 3.39. The lowest BCUT2D eigenvalue weighted by Gasteiger charge is -2.18. The van der Waals surface area contributed by atoms with Crippen LogP contribution in [0.1, 0.15) is 30.4 Å². The number of aryl methyl sites for hydroxylation is 2. The van der Waals surface area contributed by atoms with Gasteiger partial charge in [0.2, 0.25) is 0 Å². The number of halogens is 1. The molecule has 0 bridgehead atoms.